The van der Waals surface area contributed by atoms with Gasteiger partial charge in [-0.1, -0.05) is 22.0 Å². The standard InChI is InChI=1S/C10H11Br2NO/c1-6-3-4-9(8(12)5-6)13-10(14)7(2)11/h3-5,7H,1-2H3,(H,13,14). The molecular formula is C10H11Br2NO. The Labute approximate surface area is 100 Å². The predicted octanol–water partition coefficient (Wildman–Crippen LogP) is 3.48. The first kappa shape index (κ1) is 11.7. The van der Waals surface area contributed by atoms with Crippen molar-refractivity contribution in [2.45, 2.75) is 18.7 Å². The van der Waals surface area contributed by atoms with Crippen LogP contribution in [0.15, 0.2) is 22.7 Å². The molecule has 0 heterocycles. The molecule has 0 aromatic heterocycles. The molecule has 0 aliphatic rings. The summed E-state index contributed by atoms with van der Waals surface area (Å²) < 4.78 is 0.902. The fraction of sp³-hybridized carbons (Fsp3) is 0.300. The summed E-state index contributed by atoms with van der Waals surface area (Å²) in [6, 6.07) is 5.81. The lowest BCUT2D eigenvalue weighted by Gasteiger charge is -2.08. The molecular weight excluding hydrogens is 310 g/mol. The highest BCUT2D eigenvalue weighted by Gasteiger charge is 2.10. The number of aryl methyl sites for hydroxylation is 1. The van der Waals surface area contributed by atoms with Crippen molar-refractivity contribution >= 4 is 43.5 Å². The zero-order valence-electron chi connectivity index (χ0n) is 7.97. The largest absolute Gasteiger partial charge is 0.324 e. The van der Waals surface area contributed by atoms with Crippen LogP contribution < -0.4 is 5.32 Å². The number of nitrogens with one attached hydrogen (secondary N) is 1. The molecule has 0 saturated heterocycles. The molecule has 76 valence electrons. The van der Waals surface area contributed by atoms with Gasteiger partial charge in [-0.25, -0.2) is 0 Å². The van der Waals surface area contributed by atoms with Gasteiger partial charge in [-0.3, -0.25) is 4.79 Å². The first-order valence-electron chi connectivity index (χ1n) is 4.22. The van der Waals surface area contributed by atoms with E-state index in [1.54, 1.807) is 6.92 Å². The van der Waals surface area contributed by atoms with Crippen LogP contribution in [-0.4, -0.2) is 10.7 Å². The van der Waals surface area contributed by atoms with Gasteiger partial charge in [-0.15, -0.1) is 0 Å². The van der Waals surface area contributed by atoms with Gasteiger partial charge in [0.25, 0.3) is 0 Å². The quantitative estimate of drug-likeness (QED) is 0.830. The van der Waals surface area contributed by atoms with E-state index in [4.69, 9.17) is 0 Å². The zero-order chi connectivity index (χ0) is 10.7. The van der Waals surface area contributed by atoms with E-state index in [2.05, 4.69) is 37.2 Å². The summed E-state index contributed by atoms with van der Waals surface area (Å²) in [5, 5.41) is 2.80. The van der Waals surface area contributed by atoms with Crippen LogP contribution in [0.4, 0.5) is 5.69 Å². The van der Waals surface area contributed by atoms with E-state index in [9.17, 15) is 4.79 Å². The molecule has 14 heavy (non-hydrogen) atoms. The van der Waals surface area contributed by atoms with E-state index < -0.39 is 0 Å². The molecule has 1 unspecified atom stereocenters. The van der Waals surface area contributed by atoms with Crippen LogP contribution in [0.2, 0.25) is 0 Å². The minimum Gasteiger partial charge on any atom is -0.324 e. The van der Waals surface area contributed by atoms with Crippen molar-refractivity contribution in [3.05, 3.63) is 28.2 Å². The fourth-order valence-electron chi connectivity index (χ4n) is 0.954. The average molecular weight is 321 g/mol. The molecule has 0 saturated carbocycles. The van der Waals surface area contributed by atoms with Gasteiger partial charge >= 0.3 is 0 Å². The second kappa shape index (κ2) is 4.94. The van der Waals surface area contributed by atoms with E-state index in [1.807, 2.05) is 25.1 Å². The van der Waals surface area contributed by atoms with E-state index in [1.165, 1.54) is 0 Å². The Bertz CT molecular complexity index is 350. The van der Waals surface area contributed by atoms with Crippen molar-refractivity contribution in [1.82, 2.24) is 0 Å². The molecule has 0 aliphatic heterocycles. The third-order valence-corrected chi connectivity index (χ3v) is 2.82. The van der Waals surface area contributed by atoms with Crippen molar-refractivity contribution in [2.75, 3.05) is 5.32 Å². The molecule has 1 amide bonds. The summed E-state index contributed by atoms with van der Waals surface area (Å²) >= 11 is 6.60. The smallest absolute Gasteiger partial charge is 0.237 e. The maximum atomic E-state index is 11.4. The van der Waals surface area contributed by atoms with Crippen molar-refractivity contribution in [1.29, 1.82) is 0 Å². The van der Waals surface area contributed by atoms with E-state index in [0.29, 0.717) is 0 Å². The average Bonchev–Trinajstić information content (AvgIpc) is 2.09. The normalized spacial score (nSPS) is 12.3. The molecule has 0 spiro atoms. The maximum absolute atomic E-state index is 11.4. The highest BCUT2D eigenvalue weighted by molar-refractivity contribution is 9.10. The monoisotopic (exact) mass is 319 g/mol. The Balaban J connectivity index is 2.82. The van der Waals surface area contributed by atoms with Crippen molar-refractivity contribution < 1.29 is 4.79 Å². The molecule has 0 radical (unpaired) electrons. The molecule has 1 N–H and O–H groups in total. The SMILES string of the molecule is Cc1ccc(NC(=O)C(C)Br)c(Br)c1. The van der Waals surface area contributed by atoms with Gasteiger partial charge in [-0.05, 0) is 47.5 Å². The van der Waals surface area contributed by atoms with Crippen LogP contribution in [0.5, 0.6) is 0 Å². The van der Waals surface area contributed by atoms with Crippen molar-refractivity contribution in [2.24, 2.45) is 0 Å². The lowest BCUT2D eigenvalue weighted by Crippen LogP contribution is -2.20. The van der Waals surface area contributed by atoms with Crippen molar-refractivity contribution in [3.63, 3.8) is 0 Å². The van der Waals surface area contributed by atoms with Crippen LogP contribution in [0, 0.1) is 6.92 Å². The van der Waals surface area contributed by atoms with E-state index in [-0.39, 0.29) is 10.7 Å². The summed E-state index contributed by atoms with van der Waals surface area (Å²) in [7, 11) is 0. The molecule has 0 fully saturated rings. The van der Waals surface area contributed by atoms with Gasteiger partial charge in [0, 0.05) is 4.47 Å². The highest BCUT2D eigenvalue weighted by Crippen LogP contribution is 2.23. The number of rotatable bonds is 2. The Hall–Kier alpha value is -0.350. The molecule has 1 atom stereocenters. The van der Waals surface area contributed by atoms with Gasteiger partial charge in [0.1, 0.15) is 0 Å². The number of carbonyl (C=O) groups is 1. The molecule has 1 aromatic rings. The number of hydrogen-bond acceptors (Lipinski definition) is 1. The number of halogens is 2. The van der Waals surface area contributed by atoms with E-state index >= 15 is 0 Å². The predicted molar refractivity (Wildman–Crippen MR) is 65.9 cm³/mol. The number of amides is 1. The third kappa shape index (κ3) is 3.10. The maximum Gasteiger partial charge on any atom is 0.237 e. The van der Waals surface area contributed by atoms with Gasteiger partial charge < -0.3 is 5.32 Å². The number of alkyl halides is 1. The highest BCUT2D eigenvalue weighted by atomic mass is 79.9. The summed E-state index contributed by atoms with van der Waals surface area (Å²) in [6.07, 6.45) is 0. The topological polar surface area (TPSA) is 29.1 Å². The summed E-state index contributed by atoms with van der Waals surface area (Å²) in [6.45, 7) is 3.79. The lowest BCUT2D eigenvalue weighted by atomic mass is 10.2. The lowest BCUT2D eigenvalue weighted by molar-refractivity contribution is -0.115. The molecule has 0 aliphatic carbocycles. The number of anilines is 1. The minimum atomic E-state index is -0.185. The number of hydrogen-bond donors (Lipinski definition) is 1. The molecule has 2 nitrogen and oxygen atoms in total. The second-order valence-corrected chi connectivity index (χ2v) is 5.32. The van der Waals surface area contributed by atoms with Crippen LogP contribution in [0.1, 0.15) is 12.5 Å². The molecule has 1 rings (SSSR count). The van der Waals surface area contributed by atoms with E-state index in [0.717, 1.165) is 15.7 Å². The summed E-state index contributed by atoms with van der Waals surface area (Å²) in [5.41, 5.74) is 1.95. The van der Waals surface area contributed by atoms with Gasteiger partial charge in [0.15, 0.2) is 0 Å². The fourth-order valence-corrected chi connectivity index (χ4v) is 1.66. The number of benzene rings is 1. The van der Waals surface area contributed by atoms with Gasteiger partial charge in [0.2, 0.25) is 5.91 Å². The van der Waals surface area contributed by atoms with Crippen molar-refractivity contribution in [3.8, 4) is 0 Å². The minimum absolute atomic E-state index is 0.0467. The Morgan fingerprint density at radius 3 is 2.64 bits per heavy atom. The van der Waals surface area contributed by atoms with Crippen LogP contribution >= 0.6 is 31.9 Å². The Morgan fingerprint density at radius 1 is 1.50 bits per heavy atom. The third-order valence-electron chi connectivity index (χ3n) is 1.74. The summed E-state index contributed by atoms with van der Waals surface area (Å²) in [5.74, 6) is -0.0467. The summed E-state index contributed by atoms with van der Waals surface area (Å²) in [4.78, 5) is 11.2. The molecule has 1 aromatic carbocycles. The molecule has 0 bridgehead atoms. The van der Waals surface area contributed by atoms with Crippen LogP contribution in [0.3, 0.4) is 0 Å². The molecule has 4 heteroatoms. The Kier molecular flexibility index (Phi) is 4.13. The Morgan fingerprint density at radius 2 is 2.14 bits per heavy atom. The second-order valence-electron chi connectivity index (χ2n) is 3.09. The van der Waals surface area contributed by atoms with Crippen LogP contribution in [-0.2, 0) is 4.79 Å². The van der Waals surface area contributed by atoms with Gasteiger partial charge in [0.05, 0.1) is 10.5 Å². The van der Waals surface area contributed by atoms with Crippen LogP contribution in [0.25, 0.3) is 0 Å². The first-order chi connectivity index (χ1) is 6.50. The zero-order valence-corrected chi connectivity index (χ0v) is 11.1. The first-order valence-corrected chi connectivity index (χ1v) is 5.92. The van der Waals surface area contributed by atoms with Gasteiger partial charge in [-0.2, -0.15) is 0 Å². The number of carbonyl (C=O) groups excluding carboxylic acids is 1.